The zero-order valence-electron chi connectivity index (χ0n) is 10.8. The van der Waals surface area contributed by atoms with E-state index in [-0.39, 0.29) is 6.04 Å². The Balaban J connectivity index is 1.98. The van der Waals surface area contributed by atoms with Crippen molar-refractivity contribution < 1.29 is 4.74 Å². The predicted molar refractivity (Wildman–Crippen MR) is 70.5 cm³/mol. The molecule has 98 valence electrons. The van der Waals surface area contributed by atoms with Crippen molar-refractivity contribution in [3.8, 4) is 0 Å². The molecule has 0 saturated carbocycles. The quantitative estimate of drug-likeness (QED) is 0.451. The molecule has 0 bridgehead atoms. The summed E-state index contributed by atoms with van der Waals surface area (Å²) in [5.41, 5.74) is 4.48. The van der Waals surface area contributed by atoms with Gasteiger partial charge in [-0.2, -0.15) is 0 Å². The zero-order valence-corrected chi connectivity index (χ0v) is 10.8. The second-order valence-electron chi connectivity index (χ2n) is 5.28. The lowest BCUT2D eigenvalue weighted by molar-refractivity contribution is -0.000732. The molecule has 3 N–H and O–H groups in total. The molecule has 2 unspecified atom stereocenters. The van der Waals surface area contributed by atoms with E-state index in [0.29, 0.717) is 6.10 Å². The van der Waals surface area contributed by atoms with Crippen LogP contribution >= 0.6 is 0 Å². The van der Waals surface area contributed by atoms with Crippen LogP contribution in [0.1, 0.15) is 57.8 Å². The van der Waals surface area contributed by atoms with Gasteiger partial charge in [-0.15, -0.1) is 0 Å². The Bertz CT molecular complexity index is 247. The maximum Gasteiger partial charge on any atom is 0.0779 e. The van der Waals surface area contributed by atoms with Crippen LogP contribution in [0.3, 0.4) is 0 Å². The summed E-state index contributed by atoms with van der Waals surface area (Å²) in [6.45, 7) is 0.899. The van der Waals surface area contributed by atoms with Crippen LogP contribution in [0, 0.1) is 0 Å². The number of hydrogen-bond acceptors (Lipinski definition) is 3. The van der Waals surface area contributed by atoms with Gasteiger partial charge in [0, 0.05) is 6.61 Å². The lowest BCUT2D eigenvalue weighted by Crippen LogP contribution is -2.47. The normalized spacial score (nSPS) is 29.0. The van der Waals surface area contributed by atoms with E-state index in [1.165, 1.54) is 56.9 Å². The molecular weight excluding hydrogens is 212 g/mol. The highest BCUT2D eigenvalue weighted by Gasteiger charge is 2.26. The van der Waals surface area contributed by atoms with Gasteiger partial charge in [-0.3, -0.25) is 11.3 Å². The van der Waals surface area contributed by atoms with Crippen molar-refractivity contribution in [2.24, 2.45) is 5.84 Å². The average molecular weight is 238 g/mol. The predicted octanol–water partition coefficient (Wildman–Crippen LogP) is 2.67. The summed E-state index contributed by atoms with van der Waals surface area (Å²) in [7, 11) is 0. The first-order valence-corrected chi connectivity index (χ1v) is 7.18. The Morgan fingerprint density at radius 1 is 1.18 bits per heavy atom. The molecule has 1 heterocycles. The summed E-state index contributed by atoms with van der Waals surface area (Å²) in [5, 5.41) is 0. The van der Waals surface area contributed by atoms with Gasteiger partial charge < -0.3 is 4.74 Å². The molecule has 1 aliphatic heterocycles. The second kappa shape index (κ2) is 7.14. The fourth-order valence-electron chi connectivity index (χ4n) is 2.98. The third-order valence-electron chi connectivity index (χ3n) is 3.99. The minimum Gasteiger partial charge on any atom is -0.376 e. The summed E-state index contributed by atoms with van der Waals surface area (Å²) in [6.07, 6.45) is 14.1. The van der Waals surface area contributed by atoms with Gasteiger partial charge in [0.05, 0.1) is 12.1 Å². The molecule has 2 rings (SSSR count). The van der Waals surface area contributed by atoms with Gasteiger partial charge >= 0.3 is 0 Å². The molecule has 1 fully saturated rings. The number of hydrazine groups is 1. The number of nitrogens with two attached hydrogens (primary N) is 1. The summed E-state index contributed by atoms with van der Waals surface area (Å²) in [6, 6.07) is 0.244. The number of nitrogens with one attached hydrogen (secondary N) is 1. The molecule has 2 aliphatic rings. The highest BCUT2D eigenvalue weighted by atomic mass is 16.5. The molecule has 0 amide bonds. The Morgan fingerprint density at radius 2 is 2.06 bits per heavy atom. The minimum absolute atomic E-state index is 0.244. The van der Waals surface area contributed by atoms with Gasteiger partial charge in [-0.05, 0) is 44.9 Å². The summed E-state index contributed by atoms with van der Waals surface area (Å²) < 4.78 is 5.87. The van der Waals surface area contributed by atoms with Crippen molar-refractivity contribution in [1.82, 2.24) is 5.43 Å². The summed E-state index contributed by atoms with van der Waals surface area (Å²) in [5.74, 6) is 5.75. The van der Waals surface area contributed by atoms with Crippen molar-refractivity contribution in [1.29, 1.82) is 0 Å². The molecule has 17 heavy (non-hydrogen) atoms. The zero-order chi connectivity index (χ0) is 11.9. The van der Waals surface area contributed by atoms with Crippen molar-refractivity contribution >= 4 is 0 Å². The Labute approximate surface area is 105 Å². The van der Waals surface area contributed by atoms with Gasteiger partial charge in [-0.1, -0.05) is 24.5 Å². The first-order chi connectivity index (χ1) is 8.42. The van der Waals surface area contributed by atoms with E-state index in [9.17, 15) is 0 Å². The third kappa shape index (κ3) is 3.80. The van der Waals surface area contributed by atoms with Crippen molar-refractivity contribution in [2.45, 2.75) is 69.9 Å². The average Bonchev–Trinajstić information content (AvgIpc) is 2.34. The van der Waals surface area contributed by atoms with Crippen LogP contribution in [-0.2, 0) is 4.74 Å². The van der Waals surface area contributed by atoms with E-state index < -0.39 is 0 Å². The lowest BCUT2D eigenvalue weighted by atomic mass is 9.90. The standard InChI is InChI=1S/C14H26N2O/c15-16-14(13-10-6-7-11-17-13)12-8-4-2-1-3-5-9-12/h8,13-14,16H,1-7,9-11,15H2. The minimum atomic E-state index is 0.244. The van der Waals surface area contributed by atoms with Crippen molar-refractivity contribution in [2.75, 3.05) is 6.61 Å². The van der Waals surface area contributed by atoms with Crippen LogP contribution < -0.4 is 11.3 Å². The SMILES string of the molecule is NNC(C1=CCCCCCC1)C1CCCCO1. The Hall–Kier alpha value is -0.380. The van der Waals surface area contributed by atoms with E-state index in [4.69, 9.17) is 10.6 Å². The molecule has 0 aromatic carbocycles. The topological polar surface area (TPSA) is 47.3 Å². The molecule has 3 nitrogen and oxygen atoms in total. The largest absolute Gasteiger partial charge is 0.376 e. The van der Waals surface area contributed by atoms with Crippen LogP contribution in [-0.4, -0.2) is 18.8 Å². The van der Waals surface area contributed by atoms with E-state index in [1.54, 1.807) is 0 Å². The van der Waals surface area contributed by atoms with Gasteiger partial charge in [0.1, 0.15) is 0 Å². The number of rotatable bonds is 3. The fourth-order valence-corrected chi connectivity index (χ4v) is 2.98. The molecule has 2 atom stereocenters. The summed E-state index contributed by atoms with van der Waals surface area (Å²) >= 11 is 0. The fraction of sp³-hybridized carbons (Fsp3) is 0.857. The molecule has 3 heteroatoms. The molecule has 0 radical (unpaired) electrons. The summed E-state index contributed by atoms with van der Waals surface area (Å²) in [4.78, 5) is 0. The van der Waals surface area contributed by atoms with Crippen LogP contribution in [0.2, 0.25) is 0 Å². The van der Waals surface area contributed by atoms with E-state index in [1.807, 2.05) is 0 Å². The maximum atomic E-state index is 5.87. The smallest absolute Gasteiger partial charge is 0.0779 e. The van der Waals surface area contributed by atoms with Crippen LogP contribution in [0.5, 0.6) is 0 Å². The number of hydrogen-bond donors (Lipinski definition) is 2. The van der Waals surface area contributed by atoms with Gasteiger partial charge in [0.15, 0.2) is 0 Å². The highest BCUT2D eigenvalue weighted by molar-refractivity contribution is 5.14. The molecule has 1 aliphatic carbocycles. The first-order valence-electron chi connectivity index (χ1n) is 7.18. The van der Waals surface area contributed by atoms with Crippen molar-refractivity contribution in [3.05, 3.63) is 11.6 Å². The first kappa shape index (κ1) is 13.1. The van der Waals surface area contributed by atoms with E-state index in [2.05, 4.69) is 11.5 Å². The van der Waals surface area contributed by atoms with Crippen LogP contribution in [0.25, 0.3) is 0 Å². The van der Waals surface area contributed by atoms with Crippen LogP contribution in [0.4, 0.5) is 0 Å². The van der Waals surface area contributed by atoms with E-state index in [0.717, 1.165) is 13.0 Å². The lowest BCUT2D eigenvalue weighted by Gasteiger charge is -2.32. The van der Waals surface area contributed by atoms with Crippen LogP contribution in [0.15, 0.2) is 11.6 Å². The third-order valence-corrected chi connectivity index (χ3v) is 3.99. The van der Waals surface area contributed by atoms with E-state index >= 15 is 0 Å². The second-order valence-corrected chi connectivity index (χ2v) is 5.28. The Morgan fingerprint density at radius 3 is 2.82 bits per heavy atom. The molecule has 0 aromatic rings. The monoisotopic (exact) mass is 238 g/mol. The Kier molecular flexibility index (Phi) is 5.49. The van der Waals surface area contributed by atoms with Gasteiger partial charge in [0.25, 0.3) is 0 Å². The molecule has 1 saturated heterocycles. The van der Waals surface area contributed by atoms with Gasteiger partial charge in [0.2, 0.25) is 0 Å². The molecule has 0 spiro atoms. The molecule has 0 aromatic heterocycles. The number of ether oxygens (including phenoxy) is 1. The van der Waals surface area contributed by atoms with Crippen molar-refractivity contribution in [3.63, 3.8) is 0 Å². The highest BCUT2D eigenvalue weighted by Crippen LogP contribution is 2.25. The number of allylic oxidation sites excluding steroid dienone is 1. The van der Waals surface area contributed by atoms with Gasteiger partial charge in [-0.25, -0.2) is 0 Å². The molecular formula is C14H26N2O. The maximum absolute atomic E-state index is 5.87.